The Bertz CT molecular complexity index is 231. The first-order chi connectivity index (χ1) is 6.59. The molecule has 1 heterocycles. The van der Waals surface area contributed by atoms with Crippen molar-refractivity contribution >= 4 is 5.97 Å². The number of piperidine rings is 1. The predicted molar refractivity (Wildman–Crippen MR) is 56.2 cm³/mol. The molecule has 3 nitrogen and oxygen atoms in total. The second kappa shape index (κ2) is 5.15. The van der Waals surface area contributed by atoms with E-state index in [1.807, 2.05) is 0 Å². The molecule has 1 saturated heterocycles. The van der Waals surface area contributed by atoms with E-state index in [2.05, 4.69) is 24.8 Å². The van der Waals surface area contributed by atoms with Gasteiger partial charge in [-0.3, -0.25) is 9.69 Å². The number of hydrogen-bond donors (Lipinski definition) is 1. The Morgan fingerprint density at radius 1 is 1.57 bits per heavy atom. The van der Waals surface area contributed by atoms with E-state index in [4.69, 9.17) is 5.11 Å². The highest BCUT2D eigenvalue weighted by Gasteiger charge is 2.24. The summed E-state index contributed by atoms with van der Waals surface area (Å²) in [6.45, 7) is 6.77. The Labute approximate surface area is 85.4 Å². The number of aliphatic carboxylic acids is 1. The number of carboxylic acid groups (broad SMARTS) is 1. The molecule has 3 heteroatoms. The summed E-state index contributed by atoms with van der Waals surface area (Å²) in [5.74, 6) is -0.804. The molecule has 1 fully saturated rings. The minimum Gasteiger partial charge on any atom is -0.481 e. The van der Waals surface area contributed by atoms with E-state index in [0.29, 0.717) is 6.54 Å². The van der Waals surface area contributed by atoms with Gasteiger partial charge >= 0.3 is 5.97 Å². The Hall–Kier alpha value is -0.830. The van der Waals surface area contributed by atoms with Crippen LogP contribution in [0.1, 0.15) is 26.7 Å². The smallest absolute Gasteiger partial charge is 0.307 e. The maximum absolute atomic E-state index is 10.8. The fourth-order valence-electron chi connectivity index (χ4n) is 1.73. The molecule has 0 saturated carbocycles. The van der Waals surface area contributed by atoms with Crippen LogP contribution in [0.5, 0.6) is 0 Å². The fraction of sp³-hybridized carbons (Fsp3) is 0.727. The molecule has 1 N–H and O–H groups in total. The first kappa shape index (κ1) is 11.2. The van der Waals surface area contributed by atoms with Gasteiger partial charge < -0.3 is 5.11 Å². The Balaban J connectivity index is 2.40. The van der Waals surface area contributed by atoms with Gasteiger partial charge in [0.25, 0.3) is 0 Å². The van der Waals surface area contributed by atoms with E-state index >= 15 is 0 Å². The lowest BCUT2D eigenvalue weighted by Crippen LogP contribution is -2.38. The number of rotatable bonds is 3. The molecule has 0 aromatic carbocycles. The maximum Gasteiger partial charge on any atom is 0.307 e. The minimum atomic E-state index is -0.646. The van der Waals surface area contributed by atoms with Crippen molar-refractivity contribution in [3.05, 3.63) is 11.6 Å². The lowest BCUT2D eigenvalue weighted by molar-refractivity contribution is -0.143. The van der Waals surface area contributed by atoms with Gasteiger partial charge in [-0.05, 0) is 33.2 Å². The predicted octanol–water partition coefficient (Wildman–Crippen LogP) is 1.75. The lowest BCUT2D eigenvalue weighted by Gasteiger charge is -2.29. The molecule has 1 unspecified atom stereocenters. The number of allylic oxidation sites excluding steroid dienone is 1. The van der Waals surface area contributed by atoms with Gasteiger partial charge in [0.05, 0.1) is 5.92 Å². The van der Waals surface area contributed by atoms with Crippen LogP contribution < -0.4 is 0 Å². The van der Waals surface area contributed by atoms with Crippen molar-refractivity contribution in [3.63, 3.8) is 0 Å². The highest BCUT2D eigenvalue weighted by atomic mass is 16.4. The molecule has 14 heavy (non-hydrogen) atoms. The Morgan fingerprint density at radius 2 is 2.29 bits per heavy atom. The molecule has 80 valence electrons. The fourth-order valence-corrected chi connectivity index (χ4v) is 1.73. The van der Waals surface area contributed by atoms with Crippen LogP contribution in [0, 0.1) is 5.92 Å². The molecule has 0 radical (unpaired) electrons. The quantitative estimate of drug-likeness (QED) is 0.701. The Morgan fingerprint density at radius 3 is 2.86 bits per heavy atom. The average molecular weight is 197 g/mol. The lowest BCUT2D eigenvalue weighted by atomic mass is 9.98. The standard InChI is InChI=1S/C11H19NO2/c1-9(2)5-7-12-6-3-4-10(8-12)11(13)14/h5,10H,3-4,6-8H2,1-2H3,(H,13,14). The summed E-state index contributed by atoms with van der Waals surface area (Å²) in [5.41, 5.74) is 1.29. The van der Waals surface area contributed by atoms with Crippen LogP contribution in [-0.2, 0) is 4.79 Å². The van der Waals surface area contributed by atoms with Crippen LogP contribution in [0.3, 0.4) is 0 Å². The van der Waals surface area contributed by atoms with Gasteiger partial charge in [0.2, 0.25) is 0 Å². The summed E-state index contributed by atoms with van der Waals surface area (Å²) >= 11 is 0. The van der Waals surface area contributed by atoms with Crippen molar-refractivity contribution in [2.24, 2.45) is 5.92 Å². The molecular formula is C11H19NO2. The van der Waals surface area contributed by atoms with Crippen LogP contribution in [0.15, 0.2) is 11.6 Å². The summed E-state index contributed by atoms with van der Waals surface area (Å²) in [5, 5.41) is 8.89. The van der Waals surface area contributed by atoms with Crippen LogP contribution in [-0.4, -0.2) is 35.6 Å². The van der Waals surface area contributed by atoms with Crippen LogP contribution in [0.4, 0.5) is 0 Å². The molecule has 0 bridgehead atoms. The van der Waals surface area contributed by atoms with E-state index in [1.54, 1.807) is 0 Å². The minimum absolute atomic E-state index is 0.158. The molecule has 0 aromatic heterocycles. The number of carbonyl (C=O) groups is 1. The first-order valence-electron chi connectivity index (χ1n) is 5.18. The van der Waals surface area contributed by atoms with Gasteiger partial charge in [-0.15, -0.1) is 0 Å². The number of hydrogen-bond acceptors (Lipinski definition) is 2. The van der Waals surface area contributed by atoms with Crippen molar-refractivity contribution in [1.29, 1.82) is 0 Å². The molecule has 0 aliphatic carbocycles. The van der Waals surface area contributed by atoms with Crippen molar-refractivity contribution in [2.75, 3.05) is 19.6 Å². The molecular weight excluding hydrogens is 178 g/mol. The average Bonchev–Trinajstić information content (AvgIpc) is 2.15. The van der Waals surface area contributed by atoms with Gasteiger partial charge in [-0.1, -0.05) is 11.6 Å². The van der Waals surface area contributed by atoms with Gasteiger partial charge in [0, 0.05) is 13.1 Å². The third kappa shape index (κ3) is 3.50. The van der Waals surface area contributed by atoms with Crippen LogP contribution in [0.2, 0.25) is 0 Å². The zero-order valence-electron chi connectivity index (χ0n) is 8.99. The zero-order valence-corrected chi connectivity index (χ0v) is 8.99. The van der Waals surface area contributed by atoms with E-state index in [9.17, 15) is 4.79 Å². The van der Waals surface area contributed by atoms with Crippen molar-refractivity contribution in [2.45, 2.75) is 26.7 Å². The van der Waals surface area contributed by atoms with E-state index in [0.717, 1.165) is 25.9 Å². The highest BCUT2D eigenvalue weighted by molar-refractivity contribution is 5.70. The Kier molecular flexibility index (Phi) is 4.14. The second-order valence-electron chi connectivity index (χ2n) is 4.22. The zero-order chi connectivity index (χ0) is 10.6. The molecule has 1 aliphatic heterocycles. The van der Waals surface area contributed by atoms with Gasteiger partial charge in [-0.25, -0.2) is 0 Å². The first-order valence-corrected chi connectivity index (χ1v) is 5.18. The normalized spacial score (nSPS) is 23.1. The largest absolute Gasteiger partial charge is 0.481 e. The van der Waals surface area contributed by atoms with Crippen LogP contribution in [0.25, 0.3) is 0 Å². The third-order valence-electron chi connectivity index (χ3n) is 2.61. The third-order valence-corrected chi connectivity index (χ3v) is 2.61. The number of carboxylic acids is 1. The molecule has 1 atom stereocenters. The van der Waals surface area contributed by atoms with Crippen LogP contribution >= 0.6 is 0 Å². The topological polar surface area (TPSA) is 40.5 Å². The summed E-state index contributed by atoms with van der Waals surface area (Å²) in [4.78, 5) is 13.0. The van der Waals surface area contributed by atoms with Gasteiger partial charge in [0.15, 0.2) is 0 Å². The highest BCUT2D eigenvalue weighted by Crippen LogP contribution is 2.16. The van der Waals surface area contributed by atoms with Gasteiger partial charge in [0.1, 0.15) is 0 Å². The molecule has 1 aliphatic rings. The van der Waals surface area contributed by atoms with E-state index < -0.39 is 5.97 Å². The summed E-state index contributed by atoms with van der Waals surface area (Å²) < 4.78 is 0. The maximum atomic E-state index is 10.8. The number of nitrogens with zero attached hydrogens (tertiary/aromatic N) is 1. The molecule has 0 aromatic rings. The SMILES string of the molecule is CC(C)=CCN1CCCC(C(=O)O)C1. The van der Waals surface area contributed by atoms with E-state index in [1.165, 1.54) is 5.57 Å². The van der Waals surface area contributed by atoms with Gasteiger partial charge in [-0.2, -0.15) is 0 Å². The van der Waals surface area contributed by atoms with Crippen molar-refractivity contribution in [1.82, 2.24) is 4.90 Å². The summed E-state index contributed by atoms with van der Waals surface area (Å²) in [6.07, 6.45) is 4.00. The summed E-state index contributed by atoms with van der Waals surface area (Å²) in [7, 11) is 0. The number of likely N-dealkylation sites (tertiary alicyclic amines) is 1. The monoisotopic (exact) mass is 197 g/mol. The van der Waals surface area contributed by atoms with E-state index in [-0.39, 0.29) is 5.92 Å². The molecule has 0 spiro atoms. The molecule has 0 amide bonds. The second-order valence-corrected chi connectivity index (χ2v) is 4.22. The van der Waals surface area contributed by atoms with Crippen molar-refractivity contribution in [3.8, 4) is 0 Å². The van der Waals surface area contributed by atoms with Crippen molar-refractivity contribution < 1.29 is 9.90 Å². The summed E-state index contributed by atoms with van der Waals surface area (Å²) in [6, 6.07) is 0. The molecule has 1 rings (SSSR count).